The molecule has 2 aliphatic rings. The molecule has 4 nitrogen and oxygen atoms in total. The predicted molar refractivity (Wildman–Crippen MR) is 79.4 cm³/mol. The molecule has 19 heavy (non-hydrogen) atoms. The molecular weight excluding hydrogens is 260 g/mol. The Bertz CT molecular complexity index is 331. The standard InChI is InChI=1S/C14H26N2O2S/c1-13(2,3)18-12(17)16-14(6-7-14)11(15)10-5-4-8-19-9-10/h10-11H,4-9,15H2,1-3H3,(H,16,17). The molecule has 1 amide bonds. The maximum Gasteiger partial charge on any atom is 0.408 e. The van der Waals surface area contributed by atoms with Crippen molar-refractivity contribution in [2.45, 2.75) is 63.6 Å². The van der Waals surface area contributed by atoms with Gasteiger partial charge in [0.2, 0.25) is 0 Å². The largest absolute Gasteiger partial charge is 0.444 e. The first-order valence-corrected chi connectivity index (χ1v) is 8.32. The molecule has 5 heteroatoms. The van der Waals surface area contributed by atoms with Crippen LogP contribution in [0.25, 0.3) is 0 Å². The summed E-state index contributed by atoms with van der Waals surface area (Å²) in [5.74, 6) is 2.89. The van der Waals surface area contributed by atoms with Gasteiger partial charge in [0.25, 0.3) is 0 Å². The molecule has 1 heterocycles. The smallest absolute Gasteiger partial charge is 0.408 e. The number of hydrogen-bond acceptors (Lipinski definition) is 4. The molecule has 2 atom stereocenters. The number of carbonyl (C=O) groups excluding carboxylic acids is 1. The number of amides is 1. The fraction of sp³-hybridized carbons (Fsp3) is 0.929. The van der Waals surface area contributed by atoms with Gasteiger partial charge in [-0.25, -0.2) is 4.79 Å². The summed E-state index contributed by atoms with van der Waals surface area (Å²) >= 11 is 1.98. The molecule has 1 saturated carbocycles. The number of ether oxygens (including phenoxy) is 1. The van der Waals surface area contributed by atoms with Crippen LogP contribution in [0.5, 0.6) is 0 Å². The summed E-state index contributed by atoms with van der Waals surface area (Å²) < 4.78 is 5.34. The topological polar surface area (TPSA) is 64.3 Å². The van der Waals surface area contributed by atoms with Crippen LogP contribution in [0.3, 0.4) is 0 Å². The zero-order valence-corrected chi connectivity index (χ0v) is 13.0. The van der Waals surface area contributed by atoms with E-state index in [4.69, 9.17) is 10.5 Å². The van der Waals surface area contributed by atoms with Crippen molar-refractivity contribution >= 4 is 17.9 Å². The lowest BCUT2D eigenvalue weighted by atomic mass is 9.89. The highest BCUT2D eigenvalue weighted by Gasteiger charge is 2.52. The van der Waals surface area contributed by atoms with Gasteiger partial charge in [0.1, 0.15) is 5.60 Å². The van der Waals surface area contributed by atoms with Crippen molar-refractivity contribution in [1.29, 1.82) is 0 Å². The number of nitrogens with two attached hydrogens (primary N) is 1. The summed E-state index contributed by atoms with van der Waals surface area (Å²) in [5.41, 5.74) is 5.76. The van der Waals surface area contributed by atoms with Crippen LogP contribution in [0.4, 0.5) is 4.79 Å². The number of carbonyl (C=O) groups is 1. The molecule has 1 saturated heterocycles. The highest BCUT2D eigenvalue weighted by Crippen LogP contribution is 2.43. The van der Waals surface area contributed by atoms with E-state index in [1.54, 1.807) is 0 Å². The first-order chi connectivity index (χ1) is 8.82. The molecule has 0 aromatic rings. The van der Waals surface area contributed by atoms with Crippen molar-refractivity contribution in [1.82, 2.24) is 5.32 Å². The maximum atomic E-state index is 11.9. The van der Waals surface area contributed by atoms with Gasteiger partial charge in [-0.2, -0.15) is 11.8 Å². The third-order valence-electron chi connectivity index (χ3n) is 3.88. The molecular formula is C14H26N2O2S. The molecule has 1 aliphatic carbocycles. The molecule has 2 fully saturated rings. The molecule has 2 rings (SSSR count). The second-order valence-electron chi connectivity index (χ2n) is 6.79. The lowest BCUT2D eigenvalue weighted by Crippen LogP contribution is -2.55. The molecule has 3 N–H and O–H groups in total. The van der Waals surface area contributed by atoms with Gasteiger partial charge < -0.3 is 15.8 Å². The van der Waals surface area contributed by atoms with E-state index in [2.05, 4.69) is 5.32 Å². The van der Waals surface area contributed by atoms with Gasteiger partial charge in [-0.05, 0) is 63.9 Å². The molecule has 110 valence electrons. The summed E-state index contributed by atoms with van der Waals surface area (Å²) in [6.45, 7) is 5.64. The second-order valence-corrected chi connectivity index (χ2v) is 7.94. The monoisotopic (exact) mass is 286 g/mol. The van der Waals surface area contributed by atoms with Crippen molar-refractivity contribution in [3.05, 3.63) is 0 Å². The first kappa shape index (κ1) is 15.0. The van der Waals surface area contributed by atoms with Gasteiger partial charge in [-0.15, -0.1) is 0 Å². The van der Waals surface area contributed by atoms with Crippen molar-refractivity contribution < 1.29 is 9.53 Å². The Morgan fingerprint density at radius 3 is 2.63 bits per heavy atom. The van der Waals surface area contributed by atoms with Crippen LogP contribution in [0.15, 0.2) is 0 Å². The summed E-state index contributed by atoms with van der Waals surface area (Å²) in [5, 5.41) is 3.03. The van der Waals surface area contributed by atoms with Crippen molar-refractivity contribution in [2.24, 2.45) is 11.7 Å². The highest BCUT2D eigenvalue weighted by molar-refractivity contribution is 7.99. The van der Waals surface area contributed by atoms with E-state index in [1.165, 1.54) is 18.6 Å². The average Bonchev–Trinajstić information content (AvgIpc) is 3.07. The number of rotatable bonds is 3. The zero-order valence-electron chi connectivity index (χ0n) is 12.2. The predicted octanol–water partition coefficient (Wildman–Crippen LogP) is 2.51. The number of thioether (sulfide) groups is 1. The third-order valence-corrected chi connectivity index (χ3v) is 5.12. The normalized spacial score (nSPS) is 27.5. The highest BCUT2D eigenvalue weighted by atomic mass is 32.2. The van der Waals surface area contributed by atoms with E-state index >= 15 is 0 Å². The minimum Gasteiger partial charge on any atom is -0.444 e. The van der Waals surface area contributed by atoms with Gasteiger partial charge in [0.05, 0.1) is 5.54 Å². The van der Waals surface area contributed by atoms with E-state index < -0.39 is 5.60 Å². The Hall–Kier alpha value is -0.420. The Balaban J connectivity index is 1.89. The zero-order chi connectivity index (χ0) is 14.1. The average molecular weight is 286 g/mol. The molecule has 2 unspecified atom stereocenters. The van der Waals surface area contributed by atoms with Crippen LogP contribution in [0, 0.1) is 5.92 Å². The van der Waals surface area contributed by atoms with E-state index in [0.717, 1.165) is 18.6 Å². The van der Waals surface area contributed by atoms with Crippen molar-refractivity contribution in [2.75, 3.05) is 11.5 Å². The van der Waals surface area contributed by atoms with Crippen LogP contribution in [-0.2, 0) is 4.74 Å². The Kier molecular flexibility index (Phi) is 4.35. The van der Waals surface area contributed by atoms with Gasteiger partial charge in [-0.1, -0.05) is 0 Å². The molecule has 0 aromatic heterocycles. The van der Waals surface area contributed by atoms with Gasteiger partial charge in [-0.3, -0.25) is 0 Å². The van der Waals surface area contributed by atoms with Crippen molar-refractivity contribution in [3.63, 3.8) is 0 Å². The number of nitrogens with one attached hydrogen (secondary N) is 1. The maximum absolute atomic E-state index is 11.9. The minimum atomic E-state index is -0.453. The van der Waals surface area contributed by atoms with E-state index in [1.807, 2.05) is 32.5 Å². The molecule has 0 spiro atoms. The van der Waals surface area contributed by atoms with E-state index in [0.29, 0.717) is 5.92 Å². The van der Waals surface area contributed by atoms with Crippen LogP contribution in [0.1, 0.15) is 46.5 Å². The number of alkyl carbamates (subject to hydrolysis) is 1. The molecule has 0 radical (unpaired) electrons. The third kappa shape index (κ3) is 4.02. The summed E-state index contributed by atoms with van der Waals surface area (Å²) in [6, 6.07) is 0.0628. The molecule has 0 bridgehead atoms. The van der Waals surface area contributed by atoms with Crippen LogP contribution >= 0.6 is 11.8 Å². The lowest BCUT2D eigenvalue weighted by Gasteiger charge is -2.34. The molecule has 0 aromatic carbocycles. The fourth-order valence-corrected chi connectivity index (χ4v) is 3.90. The number of hydrogen-bond donors (Lipinski definition) is 2. The summed E-state index contributed by atoms with van der Waals surface area (Å²) in [4.78, 5) is 11.9. The first-order valence-electron chi connectivity index (χ1n) is 7.17. The lowest BCUT2D eigenvalue weighted by molar-refractivity contribution is 0.0479. The van der Waals surface area contributed by atoms with Crippen LogP contribution in [-0.4, -0.2) is 34.8 Å². The fourth-order valence-electron chi connectivity index (χ4n) is 2.68. The Morgan fingerprint density at radius 1 is 1.47 bits per heavy atom. The minimum absolute atomic E-state index is 0.0628. The SMILES string of the molecule is CC(C)(C)OC(=O)NC1(C(N)C2CCCSC2)CC1. The Labute approximate surface area is 120 Å². The van der Waals surface area contributed by atoms with Crippen molar-refractivity contribution in [3.8, 4) is 0 Å². The Morgan fingerprint density at radius 2 is 2.16 bits per heavy atom. The van der Waals surface area contributed by atoms with Crippen LogP contribution in [0.2, 0.25) is 0 Å². The molecule has 1 aliphatic heterocycles. The van der Waals surface area contributed by atoms with Gasteiger partial charge in [0.15, 0.2) is 0 Å². The van der Waals surface area contributed by atoms with E-state index in [9.17, 15) is 4.79 Å². The van der Waals surface area contributed by atoms with E-state index in [-0.39, 0.29) is 17.7 Å². The summed E-state index contributed by atoms with van der Waals surface area (Å²) in [6.07, 6.45) is 4.06. The van der Waals surface area contributed by atoms with Crippen LogP contribution < -0.4 is 11.1 Å². The second kappa shape index (κ2) is 5.52. The van der Waals surface area contributed by atoms with Gasteiger partial charge in [0, 0.05) is 6.04 Å². The van der Waals surface area contributed by atoms with Gasteiger partial charge >= 0.3 is 6.09 Å². The quantitative estimate of drug-likeness (QED) is 0.836. The summed E-state index contributed by atoms with van der Waals surface area (Å²) in [7, 11) is 0.